The quantitative estimate of drug-likeness (QED) is 0.839. The van der Waals surface area contributed by atoms with E-state index in [1.54, 1.807) is 0 Å². The number of hydrogen-bond acceptors (Lipinski definition) is 3. The van der Waals surface area contributed by atoms with Crippen molar-refractivity contribution < 1.29 is 4.79 Å². The molecular formula is C17H25N3O. The molecule has 1 amide bonds. The fourth-order valence-electron chi connectivity index (χ4n) is 3.79. The SMILES string of the molecule is CC(C)N1C[C@@]2(CCCN(c3ccccn3)C2)CCC1=O. The van der Waals surface area contributed by atoms with E-state index >= 15 is 0 Å². The van der Waals surface area contributed by atoms with Crippen LogP contribution in [0.15, 0.2) is 24.4 Å². The van der Waals surface area contributed by atoms with Gasteiger partial charge in [0.25, 0.3) is 0 Å². The van der Waals surface area contributed by atoms with E-state index in [0.717, 1.165) is 31.9 Å². The fourth-order valence-corrected chi connectivity index (χ4v) is 3.79. The van der Waals surface area contributed by atoms with Gasteiger partial charge >= 0.3 is 0 Å². The van der Waals surface area contributed by atoms with Crippen LogP contribution in [0, 0.1) is 5.41 Å². The highest BCUT2D eigenvalue weighted by Gasteiger charge is 2.42. The molecule has 2 fully saturated rings. The Hall–Kier alpha value is -1.58. The normalized spacial score (nSPS) is 26.7. The monoisotopic (exact) mass is 287 g/mol. The van der Waals surface area contributed by atoms with Gasteiger partial charge in [0.05, 0.1) is 0 Å². The van der Waals surface area contributed by atoms with E-state index in [-0.39, 0.29) is 5.41 Å². The van der Waals surface area contributed by atoms with Crippen LogP contribution in [0.25, 0.3) is 0 Å². The number of anilines is 1. The van der Waals surface area contributed by atoms with E-state index in [2.05, 4.69) is 40.8 Å². The Kier molecular flexibility index (Phi) is 3.87. The Labute approximate surface area is 127 Å². The van der Waals surface area contributed by atoms with Gasteiger partial charge in [0, 0.05) is 43.7 Å². The molecule has 1 aromatic heterocycles. The molecular weight excluding hydrogens is 262 g/mol. The van der Waals surface area contributed by atoms with Gasteiger partial charge < -0.3 is 9.80 Å². The summed E-state index contributed by atoms with van der Waals surface area (Å²) < 4.78 is 0. The van der Waals surface area contributed by atoms with Crippen LogP contribution in [0.1, 0.15) is 39.5 Å². The van der Waals surface area contributed by atoms with Crippen LogP contribution >= 0.6 is 0 Å². The summed E-state index contributed by atoms with van der Waals surface area (Å²) in [6, 6.07) is 6.41. The molecule has 0 saturated carbocycles. The zero-order chi connectivity index (χ0) is 14.9. The molecule has 1 aromatic rings. The number of carbonyl (C=O) groups excluding carboxylic acids is 1. The predicted molar refractivity (Wildman–Crippen MR) is 84.2 cm³/mol. The molecule has 0 N–H and O–H groups in total. The molecule has 4 heteroatoms. The Morgan fingerprint density at radius 3 is 2.81 bits per heavy atom. The van der Waals surface area contributed by atoms with Crippen molar-refractivity contribution in [3.63, 3.8) is 0 Å². The molecule has 1 spiro atoms. The van der Waals surface area contributed by atoms with Gasteiger partial charge in [-0.1, -0.05) is 6.07 Å². The molecule has 0 unspecified atom stereocenters. The smallest absolute Gasteiger partial charge is 0.222 e. The standard InChI is InChI=1S/C17H25N3O/c1-14(2)20-13-17(9-7-16(20)21)8-5-11-19(12-17)15-6-3-4-10-18-15/h3-4,6,10,14H,5,7-9,11-13H2,1-2H3/t17-/m0/s1. The zero-order valence-corrected chi connectivity index (χ0v) is 13.1. The van der Waals surface area contributed by atoms with Gasteiger partial charge in [0.15, 0.2) is 0 Å². The van der Waals surface area contributed by atoms with Gasteiger partial charge in [-0.2, -0.15) is 0 Å². The van der Waals surface area contributed by atoms with Gasteiger partial charge in [0.2, 0.25) is 5.91 Å². The summed E-state index contributed by atoms with van der Waals surface area (Å²) in [5, 5.41) is 0. The Balaban J connectivity index is 1.77. The lowest BCUT2D eigenvalue weighted by Crippen LogP contribution is -2.55. The van der Waals surface area contributed by atoms with Gasteiger partial charge in [0.1, 0.15) is 5.82 Å². The molecule has 21 heavy (non-hydrogen) atoms. The number of amides is 1. The van der Waals surface area contributed by atoms with Crippen molar-refractivity contribution in [3.05, 3.63) is 24.4 Å². The second kappa shape index (κ2) is 5.66. The van der Waals surface area contributed by atoms with E-state index < -0.39 is 0 Å². The minimum absolute atomic E-state index is 0.258. The van der Waals surface area contributed by atoms with Crippen LogP contribution in [-0.2, 0) is 4.79 Å². The molecule has 0 aliphatic carbocycles. The van der Waals surface area contributed by atoms with Gasteiger partial charge in [-0.25, -0.2) is 4.98 Å². The maximum Gasteiger partial charge on any atom is 0.222 e. The van der Waals surface area contributed by atoms with Crippen LogP contribution in [0.5, 0.6) is 0 Å². The van der Waals surface area contributed by atoms with Crippen molar-refractivity contribution in [1.29, 1.82) is 0 Å². The minimum atomic E-state index is 0.258. The third-order valence-electron chi connectivity index (χ3n) is 4.95. The number of nitrogens with zero attached hydrogens (tertiary/aromatic N) is 3. The van der Waals surface area contributed by atoms with Crippen LogP contribution in [0.3, 0.4) is 0 Å². The molecule has 1 atom stereocenters. The lowest BCUT2D eigenvalue weighted by molar-refractivity contribution is -0.140. The highest BCUT2D eigenvalue weighted by atomic mass is 16.2. The molecule has 0 bridgehead atoms. The highest BCUT2D eigenvalue weighted by molar-refractivity contribution is 5.77. The molecule has 2 aliphatic heterocycles. The lowest BCUT2D eigenvalue weighted by atomic mass is 9.73. The molecule has 114 valence electrons. The lowest BCUT2D eigenvalue weighted by Gasteiger charge is -2.49. The minimum Gasteiger partial charge on any atom is -0.356 e. The Morgan fingerprint density at radius 2 is 2.10 bits per heavy atom. The molecule has 4 nitrogen and oxygen atoms in total. The molecule has 2 aliphatic rings. The summed E-state index contributed by atoms with van der Waals surface area (Å²) in [5.74, 6) is 1.40. The molecule has 0 aromatic carbocycles. The third kappa shape index (κ3) is 2.89. The number of hydrogen-bond donors (Lipinski definition) is 0. The van der Waals surface area contributed by atoms with E-state index in [9.17, 15) is 4.79 Å². The average molecular weight is 287 g/mol. The fraction of sp³-hybridized carbons (Fsp3) is 0.647. The number of likely N-dealkylation sites (tertiary alicyclic amines) is 1. The molecule has 2 saturated heterocycles. The summed E-state index contributed by atoms with van der Waals surface area (Å²) in [7, 11) is 0. The average Bonchev–Trinajstić information content (AvgIpc) is 2.51. The zero-order valence-electron chi connectivity index (χ0n) is 13.1. The van der Waals surface area contributed by atoms with Crippen LogP contribution in [0.4, 0.5) is 5.82 Å². The highest BCUT2D eigenvalue weighted by Crippen LogP contribution is 2.40. The first-order chi connectivity index (χ1) is 10.1. The van der Waals surface area contributed by atoms with E-state index in [1.165, 1.54) is 12.8 Å². The van der Waals surface area contributed by atoms with E-state index in [4.69, 9.17) is 0 Å². The number of carbonyl (C=O) groups is 1. The number of piperidine rings is 2. The first kappa shape index (κ1) is 14.4. The third-order valence-corrected chi connectivity index (χ3v) is 4.95. The summed E-state index contributed by atoms with van der Waals surface area (Å²) in [6.07, 6.45) is 6.01. The second-order valence-electron chi connectivity index (χ2n) is 6.83. The Morgan fingerprint density at radius 1 is 1.24 bits per heavy atom. The van der Waals surface area contributed by atoms with Crippen LogP contribution in [0.2, 0.25) is 0 Å². The van der Waals surface area contributed by atoms with Crippen molar-refractivity contribution in [3.8, 4) is 0 Å². The van der Waals surface area contributed by atoms with Gasteiger partial charge in [-0.05, 0) is 45.2 Å². The van der Waals surface area contributed by atoms with Crippen molar-refractivity contribution in [2.45, 2.75) is 45.6 Å². The molecule has 3 heterocycles. The van der Waals surface area contributed by atoms with Gasteiger partial charge in [-0.15, -0.1) is 0 Å². The van der Waals surface area contributed by atoms with Crippen LogP contribution in [-0.4, -0.2) is 41.5 Å². The first-order valence-electron chi connectivity index (χ1n) is 8.05. The molecule has 0 radical (unpaired) electrons. The Bertz CT molecular complexity index is 502. The maximum atomic E-state index is 12.1. The topological polar surface area (TPSA) is 36.4 Å². The number of aromatic nitrogens is 1. The van der Waals surface area contributed by atoms with Crippen molar-refractivity contribution in [2.24, 2.45) is 5.41 Å². The summed E-state index contributed by atoms with van der Waals surface area (Å²) in [6.45, 7) is 7.26. The summed E-state index contributed by atoms with van der Waals surface area (Å²) >= 11 is 0. The maximum absolute atomic E-state index is 12.1. The molecule has 3 rings (SSSR count). The summed E-state index contributed by atoms with van der Waals surface area (Å²) in [4.78, 5) is 21.1. The van der Waals surface area contributed by atoms with Gasteiger partial charge in [-0.3, -0.25) is 4.79 Å². The first-order valence-corrected chi connectivity index (χ1v) is 8.05. The van der Waals surface area contributed by atoms with Crippen molar-refractivity contribution >= 4 is 11.7 Å². The number of rotatable bonds is 2. The largest absolute Gasteiger partial charge is 0.356 e. The second-order valence-corrected chi connectivity index (χ2v) is 6.83. The summed E-state index contributed by atoms with van der Waals surface area (Å²) in [5.41, 5.74) is 0.258. The van der Waals surface area contributed by atoms with E-state index in [1.807, 2.05) is 12.3 Å². The number of pyridine rings is 1. The van der Waals surface area contributed by atoms with Crippen LogP contribution < -0.4 is 4.90 Å². The van der Waals surface area contributed by atoms with E-state index in [0.29, 0.717) is 18.4 Å². The predicted octanol–water partition coefficient (Wildman–Crippen LogP) is 2.70. The van der Waals surface area contributed by atoms with Crippen molar-refractivity contribution in [1.82, 2.24) is 9.88 Å². The van der Waals surface area contributed by atoms with Crippen molar-refractivity contribution in [2.75, 3.05) is 24.5 Å².